The van der Waals surface area contributed by atoms with Gasteiger partial charge in [0, 0.05) is 16.9 Å². The summed E-state index contributed by atoms with van der Waals surface area (Å²) in [4.78, 5) is 2.64. The van der Waals surface area contributed by atoms with Crippen LogP contribution in [-0.4, -0.2) is 0 Å². The van der Waals surface area contributed by atoms with Crippen LogP contribution < -0.4 is 4.90 Å². The predicted octanol–water partition coefficient (Wildman–Crippen LogP) is 16.4. The topological polar surface area (TPSA) is 3.24 Å². The molecule has 5 aliphatic rings. The fourth-order valence-corrected chi connectivity index (χ4v) is 13.7. The molecule has 4 fully saturated rings. The van der Waals surface area contributed by atoms with Gasteiger partial charge < -0.3 is 4.90 Å². The Morgan fingerprint density at radius 2 is 1.03 bits per heavy atom. The lowest BCUT2D eigenvalue weighted by Crippen LogP contribution is -2.48. The van der Waals surface area contributed by atoms with Gasteiger partial charge >= 0.3 is 0 Å². The second-order valence-electron chi connectivity index (χ2n) is 20.8. The molecule has 13 rings (SSSR count). The number of anilines is 3. The molecule has 0 amide bonds. The van der Waals surface area contributed by atoms with Crippen LogP contribution in [0.25, 0.3) is 33.0 Å². The molecule has 0 spiro atoms. The van der Waals surface area contributed by atoms with Crippen molar-refractivity contribution >= 4 is 27.8 Å². The molecule has 0 unspecified atom stereocenters. The smallest absolute Gasteiger partial charge is 0.0714 e. The molecule has 310 valence electrons. The highest BCUT2D eigenvalue weighted by atomic mass is 15.1. The van der Waals surface area contributed by atoms with Crippen molar-refractivity contribution in [1.82, 2.24) is 0 Å². The molecule has 5 aliphatic carbocycles. The molecular formula is C62H57N. The Morgan fingerprint density at radius 3 is 1.70 bits per heavy atom. The minimum Gasteiger partial charge on any atom is -0.310 e. The van der Waals surface area contributed by atoms with Crippen LogP contribution in [0.4, 0.5) is 17.1 Å². The Labute approximate surface area is 374 Å². The van der Waals surface area contributed by atoms with Crippen LogP contribution in [0.3, 0.4) is 0 Å². The van der Waals surface area contributed by atoms with Crippen molar-refractivity contribution in [1.29, 1.82) is 0 Å². The van der Waals surface area contributed by atoms with E-state index < -0.39 is 5.41 Å². The van der Waals surface area contributed by atoms with Gasteiger partial charge in [-0.15, -0.1) is 0 Å². The summed E-state index contributed by atoms with van der Waals surface area (Å²) in [6.07, 6.45) is 8.36. The van der Waals surface area contributed by atoms with Crippen molar-refractivity contribution in [2.24, 2.45) is 17.8 Å². The minimum atomic E-state index is -0.507. The molecular weight excluding hydrogens is 759 g/mol. The summed E-state index contributed by atoms with van der Waals surface area (Å²) in [7, 11) is 0. The normalized spacial score (nSPS) is 21.6. The molecule has 0 saturated heterocycles. The zero-order valence-electron chi connectivity index (χ0n) is 37.2. The van der Waals surface area contributed by atoms with Crippen LogP contribution >= 0.6 is 0 Å². The summed E-state index contributed by atoms with van der Waals surface area (Å²) in [6, 6.07) is 69.9. The maximum absolute atomic E-state index is 2.64. The lowest BCUT2D eigenvalue weighted by molar-refractivity contribution is -0.00516. The average molecular weight is 816 g/mol. The maximum atomic E-state index is 2.64. The van der Waals surface area contributed by atoms with E-state index in [2.05, 4.69) is 215 Å². The Balaban J connectivity index is 1.16. The van der Waals surface area contributed by atoms with Gasteiger partial charge in [0.15, 0.2) is 0 Å². The highest BCUT2D eigenvalue weighted by Gasteiger charge is 2.52. The van der Waals surface area contributed by atoms with Crippen molar-refractivity contribution in [3.8, 4) is 22.3 Å². The fraction of sp³-hybridized carbons (Fsp3) is 0.258. The van der Waals surface area contributed by atoms with E-state index >= 15 is 0 Å². The number of hydrogen-bond donors (Lipinski definition) is 0. The molecule has 0 heterocycles. The Kier molecular flexibility index (Phi) is 8.82. The van der Waals surface area contributed by atoms with Gasteiger partial charge in [0.05, 0.1) is 11.1 Å². The molecule has 8 aromatic carbocycles. The van der Waals surface area contributed by atoms with Gasteiger partial charge in [0.1, 0.15) is 0 Å². The van der Waals surface area contributed by atoms with E-state index in [1.165, 1.54) is 122 Å². The first-order valence-corrected chi connectivity index (χ1v) is 23.6. The van der Waals surface area contributed by atoms with E-state index in [4.69, 9.17) is 0 Å². The second-order valence-corrected chi connectivity index (χ2v) is 20.8. The minimum absolute atomic E-state index is 0.0507. The van der Waals surface area contributed by atoms with Crippen LogP contribution in [0, 0.1) is 24.7 Å². The number of nitrogens with zero attached hydrogens (tertiary/aromatic N) is 1. The highest BCUT2D eigenvalue weighted by Crippen LogP contribution is 2.62. The molecule has 4 saturated carbocycles. The molecule has 1 heteroatoms. The van der Waals surface area contributed by atoms with Crippen LogP contribution in [-0.2, 0) is 16.2 Å². The van der Waals surface area contributed by atoms with Crippen LogP contribution in [0.2, 0.25) is 0 Å². The van der Waals surface area contributed by atoms with Gasteiger partial charge in [-0.05, 0) is 177 Å². The number of hydrogen-bond acceptors (Lipinski definition) is 1. The lowest BCUT2D eigenvalue weighted by Gasteiger charge is -2.57. The average Bonchev–Trinajstić information content (AvgIpc) is 3.60. The third kappa shape index (κ3) is 6.02. The maximum Gasteiger partial charge on any atom is 0.0714 e. The van der Waals surface area contributed by atoms with Crippen molar-refractivity contribution in [3.63, 3.8) is 0 Å². The standard InChI is InChI=1S/C62H57N/c1-41-17-15-28-56-59(41)53-30-29-51(37-57(53)62(56,47-20-7-5-8-21-47)48-22-9-6-10-23-48)63(50-25-16-24-49(36-50)61-38-42-31-43(39-61)33-44(32-42)40-61)58-35-46-19-12-11-18-45(46)34-54(58)52-26-13-14-27-55(52)60(2,3)4/h5-30,34-37,42-44H,31-33,38-40H2,1-4H3. The first-order chi connectivity index (χ1) is 30.7. The van der Waals surface area contributed by atoms with Crippen LogP contribution in [0.15, 0.2) is 182 Å². The van der Waals surface area contributed by atoms with Crippen LogP contribution in [0.5, 0.6) is 0 Å². The van der Waals surface area contributed by atoms with Crippen LogP contribution in [0.1, 0.15) is 98.2 Å². The number of rotatable bonds is 7. The zero-order valence-corrected chi connectivity index (χ0v) is 37.2. The molecule has 0 aromatic heterocycles. The number of benzene rings is 8. The molecule has 0 N–H and O–H groups in total. The quantitative estimate of drug-likeness (QED) is 0.155. The summed E-state index contributed by atoms with van der Waals surface area (Å²) in [5, 5.41) is 2.51. The number of aryl methyl sites for hydroxylation is 1. The summed E-state index contributed by atoms with van der Waals surface area (Å²) < 4.78 is 0. The zero-order chi connectivity index (χ0) is 42.5. The molecule has 8 aromatic rings. The van der Waals surface area contributed by atoms with E-state index in [1.807, 2.05) is 0 Å². The molecule has 63 heavy (non-hydrogen) atoms. The summed E-state index contributed by atoms with van der Waals surface area (Å²) in [5.74, 6) is 2.63. The van der Waals surface area contributed by atoms with E-state index in [1.54, 1.807) is 5.56 Å². The van der Waals surface area contributed by atoms with Gasteiger partial charge in [-0.1, -0.05) is 166 Å². The van der Waals surface area contributed by atoms with Gasteiger partial charge in [-0.3, -0.25) is 0 Å². The van der Waals surface area contributed by atoms with E-state index in [-0.39, 0.29) is 10.8 Å². The van der Waals surface area contributed by atoms with E-state index in [0.29, 0.717) is 0 Å². The molecule has 0 aliphatic heterocycles. The van der Waals surface area contributed by atoms with E-state index in [0.717, 1.165) is 17.8 Å². The highest BCUT2D eigenvalue weighted by molar-refractivity contribution is 6.00. The third-order valence-electron chi connectivity index (χ3n) is 15.9. The summed E-state index contributed by atoms with van der Waals surface area (Å²) >= 11 is 0. The second kappa shape index (κ2) is 14.4. The van der Waals surface area contributed by atoms with Gasteiger partial charge in [-0.2, -0.15) is 0 Å². The molecule has 0 atom stereocenters. The molecule has 4 bridgehead atoms. The lowest BCUT2D eigenvalue weighted by atomic mass is 9.48. The van der Waals surface area contributed by atoms with E-state index in [9.17, 15) is 0 Å². The molecule has 1 nitrogen and oxygen atoms in total. The summed E-state index contributed by atoms with van der Waals surface area (Å²) in [5.41, 5.74) is 18.1. The van der Waals surface area contributed by atoms with Gasteiger partial charge in [-0.25, -0.2) is 0 Å². The Morgan fingerprint density at radius 1 is 0.460 bits per heavy atom. The Hall–Kier alpha value is -6.18. The van der Waals surface area contributed by atoms with Crippen molar-refractivity contribution < 1.29 is 0 Å². The third-order valence-corrected chi connectivity index (χ3v) is 15.9. The van der Waals surface area contributed by atoms with Crippen molar-refractivity contribution in [2.45, 2.75) is 82.5 Å². The van der Waals surface area contributed by atoms with Gasteiger partial charge in [0.2, 0.25) is 0 Å². The first kappa shape index (κ1) is 38.5. The van der Waals surface area contributed by atoms with Gasteiger partial charge in [0.25, 0.3) is 0 Å². The largest absolute Gasteiger partial charge is 0.310 e. The Bertz CT molecular complexity index is 2960. The SMILES string of the molecule is Cc1cccc2c1-c1ccc(N(c3cccc(C45CC6CC(CC(C6)C4)C5)c3)c3cc4ccccc4cc3-c3ccccc3C(C)(C)C)cc1C2(c1ccccc1)c1ccccc1. The fourth-order valence-electron chi connectivity index (χ4n) is 13.7. The predicted molar refractivity (Wildman–Crippen MR) is 265 cm³/mol. The van der Waals surface area contributed by atoms with Crippen molar-refractivity contribution in [3.05, 3.63) is 221 Å². The summed E-state index contributed by atoms with van der Waals surface area (Å²) in [6.45, 7) is 9.35. The molecule has 0 radical (unpaired) electrons. The number of fused-ring (bicyclic) bond motifs is 4. The monoisotopic (exact) mass is 815 g/mol. The van der Waals surface area contributed by atoms with Crippen molar-refractivity contribution in [2.75, 3.05) is 4.90 Å². The first-order valence-electron chi connectivity index (χ1n) is 23.6.